The van der Waals surface area contributed by atoms with E-state index in [1.807, 2.05) is 0 Å². The largest absolute Gasteiger partial charge is 0.508 e. The maximum absolute atomic E-state index is 12.2. The third kappa shape index (κ3) is 4.46. The monoisotopic (exact) mass is 367 g/mol. The highest BCUT2D eigenvalue weighted by molar-refractivity contribution is 7.86. The molecule has 0 radical (unpaired) electrons. The van der Waals surface area contributed by atoms with Crippen LogP contribution in [0.3, 0.4) is 0 Å². The Labute approximate surface area is 141 Å². The number of carbonyl (C=O) groups excluding carboxylic acids is 1. The summed E-state index contributed by atoms with van der Waals surface area (Å²) in [4.78, 5) is 21.8. The number of phenols is 2. The van der Waals surface area contributed by atoms with Gasteiger partial charge in [-0.15, -0.1) is 0 Å². The van der Waals surface area contributed by atoms with Crippen LogP contribution < -0.4 is 5.32 Å². The fourth-order valence-electron chi connectivity index (χ4n) is 2.04. The summed E-state index contributed by atoms with van der Waals surface area (Å²) in [6.07, 6.45) is -0.195. The molecule has 132 valence electrons. The van der Waals surface area contributed by atoms with E-state index in [-0.39, 0.29) is 12.1 Å². The van der Waals surface area contributed by atoms with Crippen LogP contribution in [0.1, 0.15) is 15.9 Å². The minimum absolute atomic E-state index is 0.195. The molecule has 2 aromatic rings. The first kappa shape index (κ1) is 18.2. The summed E-state index contributed by atoms with van der Waals surface area (Å²) in [7, 11) is -4.85. The molecular weight excluding hydrogens is 354 g/mol. The highest BCUT2D eigenvalue weighted by Gasteiger charge is 2.23. The van der Waals surface area contributed by atoms with Gasteiger partial charge in [0.05, 0.1) is 12.0 Å². The summed E-state index contributed by atoms with van der Waals surface area (Å²) in [6.45, 7) is 0. The first-order chi connectivity index (χ1) is 11.6. The summed E-state index contributed by atoms with van der Waals surface area (Å²) in [5.74, 6) is -3.61. The van der Waals surface area contributed by atoms with Crippen LogP contribution in [0.2, 0.25) is 0 Å². The van der Waals surface area contributed by atoms with Crippen LogP contribution in [-0.4, -0.2) is 40.2 Å². The molecular formula is C15H13NO8S. The van der Waals surface area contributed by atoms with E-state index in [0.717, 1.165) is 6.07 Å². The number of aromatic hydroxyl groups is 2. The third-order valence-corrected chi connectivity index (χ3v) is 4.02. The van der Waals surface area contributed by atoms with Gasteiger partial charge in [0.1, 0.15) is 16.4 Å². The molecule has 0 atom stereocenters. The van der Waals surface area contributed by atoms with Crippen molar-refractivity contribution in [1.82, 2.24) is 0 Å². The van der Waals surface area contributed by atoms with Crippen molar-refractivity contribution >= 4 is 27.7 Å². The number of aliphatic carboxylic acids is 1. The average molecular weight is 367 g/mol. The van der Waals surface area contributed by atoms with Gasteiger partial charge in [0.25, 0.3) is 16.0 Å². The van der Waals surface area contributed by atoms with E-state index in [1.54, 1.807) is 0 Å². The molecule has 0 aromatic heterocycles. The Hall–Kier alpha value is -3.11. The summed E-state index contributed by atoms with van der Waals surface area (Å²) in [6, 6.07) is 7.20. The highest BCUT2D eigenvalue weighted by atomic mass is 32.2. The number of amides is 1. The van der Waals surface area contributed by atoms with Gasteiger partial charge in [0.15, 0.2) is 0 Å². The number of carbonyl (C=O) groups is 2. The van der Waals surface area contributed by atoms with E-state index in [2.05, 4.69) is 5.32 Å². The molecule has 0 spiro atoms. The van der Waals surface area contributed by atoms with E-state index < -0.39 is 44.0 Å². The zero-order valence-electron chi connectivity index (χ0n) is 12.5. The minimum Gasteiger partial charge on any atom is -0.508 e. The van der Waals surface area contributed by atoms with Gasteiger partial charge in [-0.1, -0.05) is 12.1 Å². The molecule has 0 bridgehead atoms. The lowest BCUT2D eigenvalue weighted by atomic mass is 10.1. The number of rotatable bonds is 5. The van der Waals surface area contributed by atoms with Crippen LogP contribution in [0.15, 0.2) is 41.3 Å². The van der Waals surface area contributed by atoms with Crippen LogP contribution in [0.25, 0.3) is 0 Å². The highest BCUT2D eigenvalue weighted by Crippen LogP contribution is 2.31. The molecule has 0 saturated heterocycles. The quantitative estimate of drug-likeness (QED) is 0.389. The van der Waals surface area contributed by atoms with E-state index in [0.29, 0.717) is 11.6 Å². The number of carboxylic acid groups (broad SMARTS) is 1. The fraction of sp³-hybridized carbons (Fsp3) is 0.0667. The molecule has 1 amide bonds. The van der Waals surface area contributed by atoms with E-state index in [4.69, 9.17) is 9.66 Å². The van der Waals surface area contributed by atoms with Crippen LogP contribution in [0, 0.1) is 0 Å². The average Bonchev–Trinajstić information content (AvgIpc) is 2.49. The maximum atomic E-state index is 12.2. The van der Waals surface area contributed by atoms with Crippen molar-refractivity contribution in [3.05, 3.63) is 47.5 Å². The molecule has 5 N–H and O–H groups in total. The second kappa shape index (κ2) is 6.79. The van der Waals surface area contributed by atoms with E-state index in [9.17, 15) is 28.2 Å². The van der Waals surface area contributed by atoms with Crippen LogP contribution in [-0.2, 0) is 21.3 Å². The second-order valence-electron chi connectivity index (χ2n) is 5.04. The van der Waals surface area contributed by atoms with Gasteiger partial charge in [-0.05, 0) is 23.8 Å². The molecule has 10 heteroatoms. The zero-order valence-corrected chi connectivity index (χ0v) is 13.3. The van der Waals surface area contributed by atoms with Crippen LogP contribution in [0.4, 0.5) is 5.69 Å². The van der Waals surface area contributed by atoms with Gasteiger partial charge in [0, 0.05) is 11.8 Å². The third-order valence-electron chi connectivity index (χ3n) is 3.15. The minimum atomic E-state index is -4.85. The fourth-order valence-corrected chi connectivity index (χ4v) is 2.67. The Morgan fingerprint density at radius 1 is 1.04 bits per heavy atom. The number of hydrogen-bond donors (Lipinski definition) is 5. The predicted octanol–water partition coefficient (Wildman–Crippen LogP) is 1.22. The Kier molecular flexibility index (Phi) is 4.95. The molecule has 9 nitrogen and oxygen atoms in total. The van der Waals surface area contributed by atoms with Crippen molar-refractivity contribution in [3.8, 4) is 11.5 Å². The van der Waals surface area contributed by atoms with E-state index in [1.165, 1.54) is 24.3 Å². The van der Waals surface area contributed by atoms with Crippen molar-refractivity contribution in [2.75, 3.05) is 5.32 Å². The van der Waals surface area contributed by atoms with Gasteiger partial charge >= 0.3 is 5.97 Å². The Balaban J connectivity index is 2.30. The normalized spacial score (nSPS) is 11.1. The standard InChI is InChI=1S/C15H13NO8S/c17-10-6-11(14(20)12(7-10)25(22,23)24)15(21)16-9-3-1-8(2-4-9)5-13(18)19/h1-4,6-7,17,20H,5H2,(H,16,21)(H,18,19)(H,22,23,24). The van der Waals surface area contributed by atoms with E-state index >= 15 is 0 Å². The first-order valence-corrected chi connectivity index (χ1v) is 8.17. The molecule has 2 aromatic carbocycles. The van der Waals surface area contributed by atoms with Crippen molar-refractivity contribution in [1.29, 1.82) is 0 Å². The Bertz CT molecular complexity index is 935. The Morgan fingerprint density at radius 2 is 1.64 bits per heavy atom. The lowest BCUT2D eigenvalue weighted by Crippen LogP contribution is -2.13. The van der Waals surface area contributed by atoms with Gasteiger partial charge in [-0.2, -0.15) is 8.42 Å². The SMILES string of the molecule is O=C(O)Cc1ccc(NC(=O)c2cc(O)cc(S(=O)(=O)O)c2O)cc1. The van der Waals surface area contributed by atoms with Gasteiger partial charge in [-0.3, -0.25) is 14.1 Å². The molecule has 0 aliphatic heterocycles. The van der Waals surface area contributed by atoms with Crippen molar-refractivity contribution in [3.63, 3.8) is 0 Å². The number of nitrogens with one attached hydrogen (secondary N) is 1. The molecule has 25 heavy (non-hydrogen) atoms. The van der Waals surface area contributed by atoms with Crippen molar-refractivity contribution < 1.29 is 37.9 Å². The molecule has 0 heterocycles. The molecule has 0 aliphatic carbocycles. The molecule has 0 fully saturated rings. The lowest BCUT2D eigenvalue weighted by Gasteiger charge is -2.10. The van der Waals surface area contributed by atoms with Crippen LogP contribution >= 0.6 is 0 Å². The maximum Gasteiger partial charge on any atom is 0.307 e. The Morgan fingerprint density at radius 3 is 2.16 bits per heavy atom. The summed E-state index contributed by atoms with van der Waals surface area (Å²) in [5.41, 5.74) is 0.178. The number of benzene rings is 2. The molecule has 0 unspecified atom stereocenters. The molecule has 2 rings (SSSR count). The zero-order chi connectivity index (χ0) is 18.8. The second-order valence-corrected chi connectivity index (χ2v) is 6.43. The topological polar surface area (TPSA) is 161 Å². The smallest absolute Gasteiger partial charge is 0.307 e. The van der Waals surface area contributed by atoms with Crippen LogP contribution in [0.5, 0.6) is 11.5 Å². The van der Waals surface area contributed by atoms with Gasteiger partial charge in [-0.25, -0.2) is 0 Å². The molecule has 0 saturated carbocycles. The summed E-state index contributed by atoms with van der Waals surface area (Å²) in [5, 5.41) is 30.4. The van der Waals surface area contributed by atoms with Gasteiger partial charge < -0.3 is 20.6 Å². The predicted molar refractivity (Wildman–Crippen MR) is 85.3 cm³/mol. The number of carboxylic acids is 1. The summed E-state index contributed by atoms with van der Waals surface area (Å²) < 4.78 is 31.4. The van der Waals surface area contributed by atoms with Crippen molar-refractivity contribution in [2.45, 2.75) is 11.3 Å². The lowest BCUT2D eigenvalue weighted by molar-refractivity contribution is -0.136. The number of hydrogen-bond acceptors (Lipinski definition) is 6. The summed E-state index contributed by atoms with van der Waals surface area (Å²) >= 11 is 0. The number of anilines is 1. The first-order valence-electron chi connectivity index (χ1n) is 6.73. The number of phenolic OH excluding ortho intramolecular Hbond substituents is 2. The molecule has 0 aliphatic rings. The van der Waals surface area contributed by atoms with Crippen molar-refractivity contribution in [2.24, 2.45) is 0 Å². The van der Waals surface area contributed by atoms with Gasteiger partial charge in [0.2, 0.25) is 0 Å².